The number of anilines is 1. The molecule has 0 radical (unpaired) electrons. The first kappa shape index (κ1) is 18.9. The summed E-state index contributed by atoms with van der Waals surface area (Å²) >= 11 is 0. The highest BCUT2D eigenvalue weighted by molar-refractivity contribution is 5.96. The molecule has 144 valence electrons. The standard InChI is InChI=1S/C17H17F3N4O3/c18-17(19,20)27-13-4-2-1-3-12(13)16(25)22-11-14-21-6-5-15(23-14)24-7-9-26-10-8-24/h1-6H,7-11H2,(H,22,25). The molecule has 1 aromatic heterocycles. The fourth-order valence-corrected chi connectivity index (χ4v) is 2.56. The highest BCUT2D eigenvalue weighted by atomic mass is 19.4. The largest absolute Gasteiger partial charge is 0.573 e. The summed E-state index contributed by atoms with van der Waals surface area (Å²) in [5, 5.41) is 2.52. The second-order valence-electron chi connectivity index (χ2n) is 5.66. The quantitative estimate of drug-likeness (QED) is 0.854. The highest BCUT2D eigenvalue weighted by Gasteiger charge is 2.32. The summed E-state index contributed by atoms with van der Waals surface area (Å²) in [6, 6.07) is 6.89. The number of carbonyl (C=O) groups is 1. The third kappa shape index (κ3) is 5.30. The summed E-state index contributed by atoms with van der Waals surface area (Å²) in [7, 11) is 0. The van der Waals surface area contributed by atoms with Crippen LogP contribution in [0.15, 0.2) is 36.5 Å². The van der Waals surface area contributed by atoms with Crippen molar-refractivity contribution >= 4 is 11.7 Å². The van der Waals surface area contributed by atoms with E-state index in [9.17, 15) is 18.0 Å². The second kappa shape index (κ2) is 8.21. The minimum Gasteiger partial charge on any atom is -0.405 e. The second-order valence-corrected chi connectivity index (χ2v) is 5.66. The first-order valence-electron chi connectivity index (χ1n) is 8.20. The molecule has 1 aliphatic rings. The summed E-state index contributed by atoms with van der Waals surface area (Å²) in [4.78, 5) is 22.8. The molecule has 27 heavy (non-hydrogen) atoms. The van der Waals surface area contributed by atoms with Gasteiger partial charge in [-0.1, -0.05) is 12.1 Å². The van der Waals surface area contributed by atoms with Crippen LogP contribution in [0.5, 0.6) is 5.75 Å². The molecule has 7 nitrogen and oxygen atoms in total. The molecule has 2 heterocycles. The Labute approximate surface area is 153 Å². The number of nitrogens with one attached hydrogen (secondary N) is 1. The molecule has 1 fully saturated rings. The molecule has 1 saturated heterocycles. The zero-order valence-electron chi connectivity index (χ0n) is 14.2. The van der Waals surface area contributed by atoms with Crippen molar-refractivity contribution in [1.29, 1.82) is 0 Å². The van der Waals surface area contributed by atoms with Crippen LogP contribution in [-0.2, 0) is 11.3 Å². The van der Waals surface area contributed by atoms with Crippen LogP contribution in [0.2, 0.25) is 0 Å². The Morgan fingerprint density at radius 2 is 1.96 bits per heavy atom. The number of nitrogens with zero attached hydrogens (tertiary/aromatic N) is 3. The number of amides is 1. The van der Waals surface area contributed by atoms with Crippen LogP contribution in [-0.4, -0.2) is 48.5 Å². The number of benzene rings is 1. The zero-order valence-corrected chi connectivity index (χ0v) is 14.2. The van der Waals surface area contributed by atoms with E-state index >= 15 is 0 Å². The Hall–Kier alpha value is -2.88. The average Bonchev–Trinajstić information content (AvgIpc) is 2.66. The molecule has 0 aliphatic carbocycles. The SMILES string of the molecule is O=C(NCc1nccc(N2CCOCC2)n1)c1ccccc1OC(F)(F)F. The van der Waals surface area contributed by atoms with Crippen molar-refractivity contribution in [3.05, 3.63) is 47.9 Å². The van der Waals surface area contributed by atoms with Crippen molar-refractivity contribution in [2.75, 3.05) is 31.2 Å². The molecular weight excluding hydrogens is 365 g/mol. The number of morpholine rings is 1. The van der Waals surface area contributed by atoms with E-state index in [0.29, 0.717) is 37.9 Å². The Balaban J connectivity index is 1.66. The summed E-state index contributed by atoms with van der Waals surface area (Å²) in [5.74, 6) is -0.222. The smallest absolute Gasteiger partial charge is 0.405 e. The fourth-order valence-electron chi connectivity index (χ4n) is 2.56. The Kier molecular flexibility index (Phi) is 5.75. The fraction of sp³-hybridized carbons (Fsp3) is 0.353. The van der Waals surface area contributed by atoms with Crippen LogP contribution in [0.3, 0.4) is 0 Å². The molecule has 2 aromatic rings. The van der Waals surface area contributed by atoms with Crippen molar-refractivity contribution in [3.63, 3.8) is 0 Å². The summed E-state index contributed by atoms with van der Waals surface area (Å²) in [6.07, 6.45) is -3.31. The maximum atomic E-state index is 12.5. The van der Waals surface area contributed by atoms with Gasteiger partial charge in [-0.15, -0.1) is 13.2 Å². The van der Waals surface area contributed by atoms with Crippen molar-refractivity contribution < 1.29 is 27.4 Å². The van der Waals surface area contributed by atoms with Crippen LogP contribution in [0.4, 0.5) is 19.0 Å². The monoisotopic (exact) mass is 382 g/mol. The minimum atomic E-state index is -4.88. The number of ether oxygens (including phenoxy) is 2. The normalized spacial score (nSPS) is 14.7. The van der Waals surface area contributed by atoms with E-state index in [0.717, 1.165) is 6.07 Å². The van der Waals surface area contributed by atoms with E-state index in [1.165, 1.54) is 18.2 Å². The molecule has 10 heteroatoms. The molecule has 0 unspecified atom stereocenters. The van der Waals surface area contributed by atoms with E-state index in [2.05, 4.69) is 20.0 Å². The third-order valence-electron chi connectivity index (χ3n) is 3.79. The van der Waals surface area contributed by atoms with Gasteiger partial charge in [0.05, 0.1) is 25.3 Å². The molecule has 1 aliphatic heterocycles. The maximum absolute atomic E-state index is 12.5. The zero-order chi connectivity index (χ0) is 19.3. The molecule has 1 aromatic carbocycles. The van der Waals surface area contributed by atoms with Crippen molar-refractivity contribution in [1.82, 2.24) is 15.3 Å². The van der Waals surface area contributed by atoms with Crippen LogP contribution in [0.25, 0.3) is 0 Å². The van der Waals surface area contributed by atoms with Gasteiger partial charge in [-0.2, -0.15) is 0 Å². The van der Waals surface area contributed by atoms with Gasteiger partial charge in [0.25, 0.3) is 5.91 Å². The molecule has 1 amide bonds. The summed E-state index contributed by atoms with van der Waals surface area (Å²) < 4.78 is 46.6. The van der Waals surface area contributed by atoms with E-state index in [-0.39, 0.29) is 12.1 Å². The van der Waals surface area contributed by atoms with Crippen molar-refractivity contribution in [2.45, 2.75) is 12.9 Å². The number of rotatable bonds is 5. The van der Waals surface area contributed by atoms with Gasteiger partial charge in [-0.25, -0.2) is 9.97 Å². The predicted molar refractivity (Wildman–Crippen MR) is 89.4 cm³/mol. The molecule has 3 rings (SSSR count). The Morgan fingerprint density at radius 3 is 2.70 bits per heavy atom. The van der Waals surface area contributed by atoms with Gasteiger partial charge in [0.2, 0.25) is 0 Å². The van der Waals surface area contributed by atoms with E-state index in [4.69, 9.17) is 4.74 Å². The predicted octanol–water partition coefficient (Wildman–Crippen LogP) is 2.14. The number of hydrogen-bond acceptors (Lipinski definition) is 6. The number of para-hydroxylation sites is 1. The molecule has 1 N–H and O–H groups in total. The average molecular weight is 382 g/mol. The van der Waals surface area contributed by atoms with Crippen molar-refractivity contribution in [3.8, 4) is 5.75 Å². The number of hydrogen-bond donors (Lipinski definition) is 1. The summed E-state index contributed by atoms with van der Waals surface area (Å²) in [5.41, 5.74) is -0.223. The molecular formula is C17H17F3N4O3. The van der Waals surface area contributed by atoms with Crippen LogP contribution < -0.4 is 15.0 Å². The van der Waals surface area contributed by atoms with E-state index < -0.39 is 18.0 Å². The molecule has 0 saturated carbocycles. The van der Waals surface area contributed by atoms with Crippen molar-refractivity contribution in [2.24, 2.45) is 0 Å². The lowest BCUT2D eigenvalue weighted by Crippen LogP contribution is -2.37. The Morgan fingerprint density at radius 1 is 1.22 bits per heavy atom. The number of aromatic nitrogens is 2. The lowest BCUT2D eigenvalue weighted by Gasteiger charge is -2.27. The van der Waals surface area contributed by atoms with E-state index in [1.54, 1.807) is 12.3 Å². The van der Waals surface area contributed by atoms with Gasteiger partial charge < -0.3 is 19.7 Å². The number of carbonyl (C=O) groups excluding carboxylic acids is 1. The first-order valence-corrected chi connectivity index (χ1v) is 8.20. The van der Waals surface area contributed by atoms with Gasteiger partial charge >= 0.3 is 6.36 Å². The van der Waals surface area contributed by atoms with Gasteiger partial charge in [-0.3, -0.25) is 4.79 Å². The van der Waals surface area contributed by atoms with E-state index in [1.807, 2.05) is 4.90 Å². The first-order chi connectivity index (χ1) is 12.9. The van der Waals surface area contributed by atoms with Crippen LogP contribution in [0.1, 0.15) is 16.2 Å². The minimum absolute atomic E-state index is 0.0304. The molecule has 0 atom stereocenters. The van der Waals surface area contributed by atoms with Gasteiger partial charge in [-0.05, 0) is 18.2 Å². The molecule has 0 bridgehead atoms. The van der Waals surface area contributed by atoms with Crippen LogP contribution >= 0.6 is 0 Å². The third-order valence-corrected chi connectivity index (χ3v) is 3.79. The topological polar surface area (TPSA) is 76.6 Å². The summed E-state index contributed by atoms with van der Waals surface area (Å²) in [6.45, 7) is 2.57. The number of alkyl halides is 3. The van der Waals surface area contributed by atoms with Gasteiger partial charge in [0.1, 0.15) is 17.4 Å². The lowest BCUT2D eigenvalue weighted by molar-refractivity contribution is -0.274. The number of halogens is 3. The van der Waals surface area contributed by atoms with Gasteiger partial charge in [0, 0.05) is 19.3 Å². The maximum Gasteiger partial charge on any atom is 0.573 e. The lowest BCUT2D eigenvalue weighted by atomic mass is 10.2. The molecule has 0 spiro atoms. The highest BCUT2D eigenvalue weighted by Crippen LogP contribution is 2.26. The Bertz CT molecular complexity index is 795. The van der Waals surface area contributed by atoms with Gasteiger partial charge in [0.15, 0.2) is 0 Å². The van der Waals surface area contributed by atoms with Crippen LogP contribution in [0, 0.1) is 0 Å².